The lowest BCUT2D eigenvalue weighted by Gasteiger charge is -2.25. The Morgan fingerprint density at radius 1 is 1.32 bits per heavy atom. The molecule has 0 aliphatic heterocycles. The first-order valence-electron chi connectivity index (χ1n) is 6.20. The summed E-state index contributed by atoms with van der Waals surface area (Å²) < 4.78 is 5.05. The van der Waals surface area contributed by atoms with Crippen molar-refractivity contribution < 1.29 is 14.3 Å². The summed E-state index contributed by atoms with van der Waals surface area (Å²) in [7, 11) is 1.57. The summed E-state index contributed by atoms with van der Waals surface area (Å²) in [5, 5.41) is 0. The van der Waals surface area contributed by atoms with Crippen LogP contribution in [0.2, 0.25) is 0 Å². The average molecular weight is 264 g/mol. The number of benzene rings is 1. The molecule has 19 heavy (non-hydrogen) atoms. The predicted molar refractivity (Wildman–Crippen MR) is 73.2 cm³/mol. The van der Waals surface area contributed by atoms with E-state index in [9.17, 15) is 9.59 Å². The number of carbonyl (C=O) groups is 2. The first-order chi connectivity index (χ1) is 8.99. The summed E-state index contributed by atoms with van der Waals surface area (Å²) in [6.07, 6.45) is 0. The molecule has 0 spiro atoms. The molecule has 0 aliphatic carbocycles. The zero-order chi connectivity index (χ0) is 14.4. The van der Waals surface area contributed by atoms with Crippen molar-refractivity contribution in [2.75, 3.05) is 20.2 Å². The number of nitrogens with two attached hydrogens (primary N) is 1. The molecule has 1 rings (SSSR count). The third-order valence-corrected chi connectivity index (χ3v) is 3.07. The second-order valence-corrected chi connectivity index (χ2v) is 4.30. The summed E-state index contributed by atoms with van der Waals surface area (Å²) in [5.74, 6) is 0.232. The number of ether oxygens (including phenoxy) is 1. The third kappa shape index (κ3) is 4.06. The van der Waals surface area contributed by atoms with Crippen LogP contribution in [0.3, 0.4) is 0 Å². The van der Waals surface area contributed by atoms with E-state index < -0.39 is 5.91 Å². The van der Waals surface area contributed by atoms with Gasteiger partial charge < -0.3 is 10.5 Å². The van der Waals surface area contributed by atoms with E-state index in [0.29, 0.717) is 17.9 Å². The quantitative estimate of drug-likeness (QED) is 0.748. The van der Waals surface area contributed by atoms with Crippen LogP contribution < -0.4 is 10.5 Å². The second-order valence-electron chi connectivity index (χ2n) is 4.30. The van der Waals surface area contributed by atoms with Crippen molar-refractivity contribution in [3.05, 3.63) is 29.8 Å². The molecule has 0 aliphatic rings. The minimum atomic E-state index is -0.434. The SMILES string of the molecule is CCN(CC(N)=O)C(C)C(=O)c1ccc(OC)cc1. The van der Waals surface area contributed by atoms with Crippen LogP contribution in [-0.4, -0.2) is 42.8 Å². The Balaban J connectivity index is 2.81. The van der Waals surface area contributed by atoms with Crippen LogP contribution in [0.5, 0.6) is 5.75 Å². The standard InChI is InChI=1S/C14H20N2O3/c1-4-16(9-13(15)17)10(2)14(18)11-5-7-12(19-3)8-6-11/h5-8,10H,4,9H2,1-3H3,(H2,15,17). The molecule has 0 bridgehead atoms. The van der Waals surface area contributed by atoms with E-state index in [1.165, 1.54) is 0 Å². The molecule has 1 aromatic carbocycles. The number of hydrogen-bond donors (Lipinski definition) is 1. The molecule has 5 heteroatoms. The molecule has 1 unspecified atom stereocenters. The van der Waals surface area contributed by atoms with Crippen LogP contribution in [0.1, 0.15) is 24.2 Å². The fraction of sp³-hybridized carbons (Fsp3) is 0.429. The topological polar surface area (TPSA) is 72.6 Å². The molecule has 2 N–H and O–H groups in total. The van der Waals surface area contributed by atoms with Gasteiger partial charge in [0.1, 0.15) is 5.75 Å². The van der Waals surface area contributed by atoms with Gasteiger partial charge in [-0.15, -0.1) is 0 Å². The first-order valence-corrected chi connectivity index (χ1v) is 6.20. The number of hydrogen-bond acceptors (Lipinski definition) is 4. The number of rotatable bonds is 7. The maximum Gasteiger partial charge on any atom is 0.231 e. The van der Waals surface area contributed by atoms with E-state index in [0.717, 1.165) is 0 Å². The number of Topliss-reactive ketones (excluding diaryl/α,β-unsaturated/α-hetero) is 1. The number of likely N-dealkylation sites (N-methyl/N-ethyl adjacent to an activating group) is 1. The highest BCUT2D eigenvalue weighted by Crippen LogP contribution is 2.14. The van der Waals surface area contributed by atoms with Gasteiger partial charge in [-0.3, -0.25) is 14.5 Å². The van der Waals surface area contributed by atoms with Crippen LogP contribution in [-0.2, 0) is 4.79 Å². The van der Waals surface area contributed by atoms with E-state index >= 15 is 0 Å². The highest BCUT2D eigenvalue weighted by Gasteiger charge is 2.22. The summed E-state index contributed by atoms with van der Waals surface area (Å²) in [4.78, 5) is 25.0. The molecule has 1 atom stereocenters. The van der Waals surface area contributed by atoms with Crippen molar-refractivity contribution in [3.8, 4) is 5.75 Å². The average Bonchev–Trinajstić information content (AvgIpc) is 2.43. The molecule has 0 fully saturated rings. The van der Waals surface area contributed by atoms with Gasteiger partial charge >= 0.3 is 0 Å². The largest absolute Gasteiger partial charge is 0.497 e. The molecule has 0 radical (unpaired) electrons. The Bertz CT molecular complexity index is 443. The van der Waals surface area contributed by atoms with E-state index in [-0.39, 0.29) is 18.4 Å². The van der Waals surface area contributed by atoms with Gasteiger partial charge in [0.2, 0.25) is 5.91 Å². The Kier molecular flexibility index (Phi) is 5.51. The molecule has 104 valence electrons. The molecular formula is C14H20N2O3. The Morgan fingerprint density at radius 2 is 1.89 bits per heavy atom. The summed E-state index contributed by atoms with van der Waals surface area (Å²) >= 11 is 0. The first kappa shape index (κ1) is 15.2. The Morgan fingerprint density at radius 3 is 2.32 bits per heavy atom. The number of nitrogens with zero attached hydrogens (tertiary/aromatic N) is 1. The fourth-order valence-electron chi connectivity index (χ4n) is 1.89. The van der Waals surface area contributed by atoms with Crippen molar-refractivity contribution in [1.29, 1.82) is 0 Å². The highest BCUT2D eigenvalue weighted by molar-refractivity contribution is 6.00. The van der Waals surface area contributed by atoms with E-state index in [2.05, 4.69) is 0 Å². The van der Waals surface area contributed by atoms with Crippen LogP contribution >= 0.6 is 0 Å². The van der Waals surface area contributed by atoms with Gasteiger partial charge in [0.15, 0.2) is 5.78 Å². The lowest BCUT2D eigenvalue weighted by Crippen LogP contribution is -2.43. The van der Waals surface area contributed by atoms with Crippen molar-refractivity contribution in [1.82, 2.24) is 4.90 Å². The fourth-order valence-corrected chi connectivity index (χ4v) is 1.89. The molecule has 5 nitrogen and oxygen atoms in total. The Labute approximate surface area is 113 Å². The van der Waals surface area contributed by atoms with Crippen molar-refractivity contribution in [2.24, 2.45) is 5.73 Å². The number of carbonyl (C=O) groups excluding carboxylic acids is 2. The highest BCUT2D eigenvalue weighted by atomic mass is 16.5. The number of amides is 1. The van der Waals surface area contributed by atoms with Crippen LogP contribution in [0.15, 0.2) is 24.3 Å². The normalized spacial score (nSPS) is 12.2. The molecule has 1 amide bonds. The van der Waals surface area contributed by atoms with Gasteiger partial charge in [0.05, 0.1) is 19.7 Å². The molecule has 0 saturated heterocycles. The molecule has 1 aromatic rings. The molecule has 0 aromatic heterocycles. The van der Waals surface area contributed by atoms with Crippen molar-refractivity contribution >= 4 is 11.7 Å². The molecule has 0 saturated carbocycles. The number of ketones is 1. The van der Waals surface area contributed by atoms with Gasteiger partial charge in [-0.25, -0.2) is 0 Å². The van der Waals surface area contributed by atoms with Gasteiger partial charge in [-0.1, -0.05) is 6.92 Å². The van der Waals surface area contributed by atoms with Crippen molar-refractivity contribution in [2.45, 2.75) is 19.9 Å². The monoisotopic (exact) mass is 264 g/mol. The van der Waals surface area contributed by atoms with Gasteiger partial charge in [0.25, 0.3) is 0 Å². The van der Waals surface area contributed by atoms with E-state index in [1.54, 1.807) is 43.2 Å². The smallest absolute Gasteiger partial charge is 0.231 e. The maximum atomic E-state index is 12.3. The van der Waals surface area contributed by atoms with Crippen LogP contribution in [0.25, 0.3) is 0 Å². The second kappa shape index (κ2) is 6.89. The van der Waals surface area contributed by atoms with Crippen LogP contribution in [0.4, 0.5) is 0 Å². The van der Waals surface area contributed by atoms with E-state index in [1.807, 2.05) is 6.92 Å². The van der Waals surface area contributed by atoms with Gasteiger partial charge in [0, 0.05) is 5.56 Å². The molecular weight excluding hydrogens is 244 g/mol. The zero-order valence-electron chi connectivity index (χ0n) is 11.6. The minimum Gasteiger partial charge on any atom is -0.497 e. The zero-order valence-corrected chi connectivity index (χ0v) is 11.6. The summed E-state index contributed by atoms with van der Waals surface area (Å²) in [6.45, 7) is 4.34. The van der Waals surface area contributed by atoms with Gasteiger partial charge in [-0.05, 0) is 37.7 Å². The maximum absolute atomic E-state index is 12.3. The van der Waals surface area contributed by atoms with Gasteiger partial charge in [-0.2, -0.15) is 0 Å². The lowest BCUT2D eigenvalue weighted by atomic mass is 10.0. The van der Waals surface area contributed by atoms with Crippen LogP contribution in [0, 0.1) is 0 Å². The summed E-state index contributed by atoms with van der Waals surface area (Å²) in [5.41, 5.74) is 5.77. The number of primary amides is 1. The molecule has 0 heterocycles. The lowest BCUT2D eigenvalue weighted by molar-refractivity contribution is -0.119. The van der Waals surface area contributed by atoms with Crippen molar-refractivity contribution in [3.63, 3.8) is 0 Å². The third-order valence-electron chi connectivity index (χ3n) is 3.07. The number of methoxy groups -OCH3 is 1. The summed E-state index contributed by atoms with van der Waals surface area (Å²) in [6, 6.07) is 6.53. The minimum absolute atomic E-state index is 0.0363. The Hall–Kier alpha value is -1.88. The predicted octanol–water partition coefficient (Wildman–Crippen LogP) is 1.07. The van der Waals surface area contributed by atoms with E-state index in [4.69, 9.17) is 10.5 Å².